The number of hydrogen-bond donors (Lipinski definition) is 3. The molecule has 0 radical (unpaired) electrons. The second-order valence-electron chi connectivity index (χ2n) is 3.78. The van der Waals surface area contributed by atoms with Gasteiger partial charge in [-0.25, -0.2) is 0 Å². The molecule has 6 nitrogen and oxygen atoms in total. The predicted molar refractivity (Wildman–Crippen MR) is 71.6 cm³/mol. The molecule has 0 saturated heterocycles. The Kier molecular flexibility index (Phi) is 5.54. The van der Waals surface area contributed by atoms with Crippen LogP contribution < -0.4 is 31.0 Å². The summed E-state index contributed by atoms with van der Waals surface area (Å²) in [5.41, 5.74) is 12.0. The quantitative estimate of drug-likeness (QED) is 0.653. The number of ether oxygens (including phenoxy) is 3. The lowest BCUT2D eigenvalue weighted by atomic mass is 10.2. The second-order valence-corrected chi connectivity index (χ2v) is 3.78. The molecule has 5 N–H and O–H groups in total. The highest BCUT2D eigenvalue weighted by atomic mass is 16.5. The first-order valence-electron chi connectivity index (χ1n) is 5.65. The van der Waals surface area contributed by atoms with Crippen LogP contribution in [-0.4, -0.2) is 40.5 Å². The Hall–Kier alpha value is -1.66. The summed E-state index contributed by atoms with van der Waals surface area (Å²) >= 11 is 0. The topological polar surface area (TPSA) is 91.8 Å². The summed E-state index contributed by atoms with van der Waals surface area (Å²) in [6.07, 6.45) is 0. The fourth-order valence-electron chi connectivity index (χ4n) is 1.49. The summed E-state index contributed by atoms with van der Waals surface area (Å²) in [5, 5.41) is 3.18. The van der Waals surface area contributed by atoms with E-state index in [-0.39, 0.29) is 6.04 Å². The van der Waals surface area contributed by atoms with Crippen LogP contribution in [0.4, 0.5) is 5.69 Å². The van der Waals surface area contributed by atoms with Crippen molar-refractivity contribution in [3.8, 4) is 17.2 Å². The highest BCUT2D eigenvalue weighted by Gasteiger charge is 2.12. The van der Waals surface area contributed by atoms with Gasteiger partial charge in [-0.15, -0.1) is 0 Å². The highest BCUT2D eigenvalue weighted by Crippen LogP contribution is 2.37. The fourth-order valence-corrected chi connectivity index (χ4v) is 1.49. The Balaban J connectivity index is 2.94. The lowest BCUT2D eigenvalue weighted by molar-refractivity contribution is 0.349. The van der Waals surface area contributed by atoms with E-state index < -0.39 is 0 Å². The molecule has 1 atom stereocenters. The van der Waals surface area contributed by atoms with E-state index in [0.717, 1.165) is 5.69 Å². The van der Waals surface area contributed by atoms with Crippen LogP contribution in [0.25, 0.3) is 0 Å². The van der Waals surface area contributed by atoms with Crippen molar-refractivity contribution in [2.75, 3.05) is 39.7 Å². The van der Waals surface area contributed by atoms with E-state index in [0.29, 0.717) is 30.3 Å². The largest absolute Gasteiger partial charge is 0.494 e. The zero-order valence-corrected chi connectivity index (χ0v) is 11.0. The maximum atomic E-state index is 5.75. The average molecular weight is 255 g/mol. The minimum atomic E-state index is -0.109. The van der Waals surface area contributed by atoms with Gasteiger partial charge in [-0.05, 0) is 0 Å². The molecule has 0 aliphatic heterocycles. The molecule has 0 aliphatic carbocycles. The van der Waals surface area contributed by atoms with E-state index in [9.17, 15) is 0 Å². The summed E-state index contributed by atoms with van der Waals surface area (Å²) in [5.74, 6) is 1.90. The number of nitrogens with one attached hydrogen (secondary N) is 1. The third kappa shape index (κ3) is 3.41. The van der Waals surface area contributed by atoms with Gasteiger partial charge in [0.25, 0.3) is 0 Å². The van der Waals surface area contributed by atoms with Crippen LogP contribution >= 0.6 is 0 Å². The Morgan fingerprint density at radius 1 is 1.06 bits per heavy atom. The van der Waals surface area contributed by atoms with Crippen molar-refractivity contribution in [1.82, 2.24) is 0 Å². The Morgan fingerprint density at radius 2 is 1.61 bits per heavy atom. The number of anilines is 1. The van der Waals surface area contributed by atoms with E-state index in [1.54, 1.807) is 33.5 Å². The van der Waals surface area contributed by atoms with Gasteiger partial charge in [-0.1, -0.05) is 0 Å². The SMILES string of the molecule is COc1cc(OC)c(OC)cc1NCC(N)CN. The third-order valence-corrected chi connectivity index (χ3v) is 2.56. The zero-order valence-electron chi connectivity index (χ0n) is 11.0. The molecule has 0 heterocycles. The minimum Gasteiger partial charge on any atom is -0.494 e. The molecule has 0 bridgehead atoms. The molecule has 102 valence electrons. The first-order chi connectivity index (χ1) is 8.65. The summed E-state index contributed by atoms with van der Waals surface area (Å²) in [7, 11) is 4.75. The Morgan fingerprint density at radius 3 is 2.11 bits per heavy atom. The Labute approximate surface area is 107 Å². The van der Waals surface area contributed by atoms with Crippen molar-refractivity contribution < 1.29 is 14.2 Å². The molecule has 0 aromatic heterocycles. The summed E-state index contributed by atoms with van der Waals surface area (Å²) in [6, 6.07) is 3.46. The normalized spacial score (nSPS) is 11.8. The molecule has 18 heavy (non-hydrogen) atoms. The van der Waals surface area contributed by atoms with Gasteiger partial charge >= 0.3 is 0 Å². The van der Waals surface area contributed by atoms with E-state index >= 15 is 0 Å². The molecule has 0 saturated carbocycles. The van der Waals surface area contributed by atoms with Gasteiger partial charge in [0.1, 0.15) is 5.75 Å². The van der Waals surface area contributed by atoms with Crippen LogP contribution in [0.3, 0.4) is 0 Å². The first kappa shape index (κ1) is 14.4. The minimum absolute atomic E-state index is 0.109. The zero-order chi connectivity index (χ0) is 13.5. The van der Waals surface area contributed by atoms with Crippen molar-refractivity contribution in [2.45, 2.75) is 6.04 Å². The monoisotopic (exact) mass is 255 g/mol. The molecular weight excluding hydrogens is 234 g/mol. The molecule has 0 fully saturated rings. The standard InChI is InChI=1S/C12H21N3O3/c1-16-10-5-12(18-3)11(17-2)4-9(10)15-7-8(14)6-13/h4-5,8,15H,6-7,13-14H2,1-3H3. The van der Waals surface area contributed by atoms with Gasteiger partial charge in [0.2, 0.25) is 0 Å². The molecule has 1 unspecified atom stereocenters. The van der Waals surface area contributed by atoms with Gasteiger partial charge in [0.15, 0.2) is 11.5 Å². The average Bonchev–Trinajstić information content (AvgIpc) is 2.43. The second kappa shape index (κ2) is 6.93. The van der Waals surface area contributed by atoms with Crippen molar-refractivity contribution >= 4 is 5.69 Å². The Bertz CT molecular complexity index is 385. The van der Waals surface area contributed by atoms with E-state index in [1.807, 2.05) is 0 Å². The lowest BCUT2D eigenvalue weighted by Gasteiger charge is -2.17. The molecule has 1 rings (SSSR count). The van der Waals surface area contributed by atoms with E-state index in [2.05, 4.69) is 5.32 Å². The van der Waals surface area contributed by atoms with Crippen molar-refractivity contribution in [3.63, 3.8) is 0 Å². The summed E-state index contributed by atoms with van der Waals surface area (Å²) < 4.78 is 15.7. The molecule has 1 aromatic carbocycles. The van der Waals surface area contributed by atoms with Gasteiger partial charge in [0, 0.05) is 31.3 Å². The van der Waals surface area contributed by atoms with Gasteiger partial charge in [-0.3, -0.25) is 0 Å². The van der Waals surface area contributed by atoms with Crippen molar-refractivity contribution in [1.29, 1.82) is 0 Å². The molecule has 0 aliphatic rings. The van der Waals surface area contributed by atoms with Crippen LogP contribution in [0.2, 0.25) is 0 Å². The molecule has 1 aromatic rings. The smallest absolute Gasteiger partial charge is 0.164 e. The summed E-state index contributed by atoms with van der Waals surface area (Å²) in [6.45, 7) is 0.977. The highest BCUT2D eigenvalue weighted by molar-refractivity contribution is 5.64. The number of methoxy groups -OCH3 is 3. The third-order valence-electron chi connectivity index (χ3n) is 2.56. The molecular formula is C12H21N3O3. The number of rotatable bonds is 7. The maximum absolute atomic E-state index is 5.75. The van der Waals surface area contributed by atoms with Crippen LogP contribution in [0, 0.1) is 0 Å². The van der Waals surface area contributed by atoms with Crippen LogP contribution in [0.1, 0.15) is 0 Å². The number of nitrogens with two attached hydrogens (primary N) is 2. The van der Waals surface area contributed by atoms with E-state index in [1.165, 1.54) is 0 Å². The number of benzene rings is 1. The summed E-state index contributed by atoms with van der Waals surface area (Å²) in [4.78, 5) is 0. The predicted octanol–water partition coefficient (Wildman–Crippen LogP) is 0.410. The van der Waals surface area contributed by atoms with Crippen LogP contribution in [-0.2, 0) is 0 Å². The van der Waals surface area contributed by atoms with E-state index in [4.69, 9.17) is 25.7 Å². The fraction of sp³-hybridized carbons (Fsp3) is 0.500. The van der Waals surface area contributed by atoms with Crippen LogP contribution in [0.15, 0.2) is 12.1 Å². The first-order valence-corrected chi connectivity index (χ1v) is 5.65. The van der Waals surface area contributed by atoms with Gasteiger partial charge < -0.3 is 31.0 Å². The van der Waals surface area contributed by atoms with Crippen LogP contribution in [0.5, 0.6) is 17.2 Å². The number of hydrogen-bond acceptors (Lipinski definition) is 6. The molecule has 6 heteroatoms. The van der Waals surface area contributed by atoms with Gasteiger partial charge in [-0.2, -0.15) is 0 Å². The maximum Gasteiger partial charge on any atom is 0.164 e. The van der Waals surface area contributed by atoms with Crippen molar-refractivity contribution in [2.24, 2.45) is 11.5 Å². The van der Waals surface area contributed by atoms with Crippen molar-refractivity contribution in [3.05, 3.63) is 12.1 Å². The molecule has 0 amide bonds. The van der Waals surface area contributed by atoms with Gasteiger partial charge in [0.05, 0.1) is 27.0 Å². The molecule has 0 spiro atoms. The lowest BCUT2D eigenvalue weighted by Crippen LogP contribution is -2.36.